The van der Waals surface area contributed by atoms with E-state index in [0.717, 1.165) is 61.0 Å². The second-order valence-electron chi connectivity index (χ2n) is 7.75. The fourth-order valence-corrected chi connectivity index (χ4v) is 4.13. The molecule has 1 aliphatic heterocycles. The molecule has 3 aromatic rings. The molecule has 4 nitrogen and oxygen atoms in total. The molecule has 0 aliphatic carbocycles. The minimum Gasteiger partial charge on any atom is -0.507 e. The maximum atomic E-state index is 12.9. The Kier molecular flexibility index (Phi) is 5.17. The average molecular weight is 401 g/mol. The van der Waals surface area contributed by atoms with Crippen molar-refractivity contribution in [2.75, 3.05) is 20.1 Å². The van der Waals surface area contributed by atoms with Crippen LogP contribution in [-0.4, -0.2) is 40.3 Å². The third-order valence-electron chi connectivity index (χ3n) is 5.55. The number of aromatic hydroxyl groups is 1. The van der Waals surface area contributed by atoms with Gasteiger partial charge in [0, 0.05) is 22.9 Å². The summed E-state index contributed by atoms with van der Waals surface area (Å²) in [4.78, 5) is 2.32. The summed E-state index contributed by atoms with van der Waals surface area (Å²) in [6.07, 6.45) is -1.41. The average Bonchev–Trinajstić information content (AvgIpc) is 2.68. The summed E-state index contributed by atoms with van der Waals surface area (Å²) < 4.78 is 38.7. The topological polar surface area (TPSA) is 49.2 Å². The van der Waals surface area contributed by atoms with Gasteiger partial charge in [-0.25, -0.2) is 0 Å². The molecule has 0 saturated carbocycles. The summed E-state index contributed by atoms with van der Waals surface area (Å²) in [6, 6.07) is 10.5. The zero-order valence-corrected chi connectivity index (χ0v) is 16.1. The molecule has 0 bridgehead atoms. The number of aromatic nitrogens is 2. The van der Waals surface area contributed by atoms with Crippen LogP contribution in [-0.2, 0) is 12.6 Å². The SMILES string of the molecule is CN1CCC[C@@H](Cc2nnc(-c3ccc(C(F)(F)F)cc3O)c3ccccc23)C1. The lowest BCUT2D eigenvalue weighted by molar-refractivity contribution is -0.137. The third kappa shape index (κ3) is 4.05. The number of hydrogen-bond donors (Lipinski definition) is 1. The number of hydrogen-bond acceptors (Lipinski definition) is 4. The Balaban J connectivity index is 1.74. The number of fused-ring (bicyclic) bond motifs is 1. The van der Waals surface area contributed by atoms with Gasteiger partial charge in [-0.3, -0.25) is 0 Å². The van der Waals surface area contributed by atoms with Crippen LogP contribution in [0.4, 0.5) is 13.2 Å². The number of nitrogens with zero attached hydrogens (tertiary/aromatic N) is 3. The lowest BCUT2D eigenvalue weighted by Crippen LogP contribution is -2.33. The molecular weight excluding hydrogens is 379 g/mol. The van der Waals surface area contributed by atoms with Crippen LogP contribution < -0.4 is 0 Å². The normalized spacial score (nSPS) is 18.3. The zero-order chi connectivity index (χ0) is 20.6. The molecule has 152 valence electrons. The summed E-state index contributed by atoms with van der Waals surface area (Å²) in [5.74, 6) is 0.0395. The first-order valence-electron chi connectivity index (χ1n) is 9.66. The van der Waals surface area contributed by atoms with Crippen molar-refractivity contribution in [3.63, 3.8) is 0 Å². The van der Waals surface area contributed by atoms with Crippen molar-refractivity contribution in [1.29, 1.82) is 0 Å². The van der Waals surface area contributed by atoms with Gasteiger partial charge in [-0.15, -0.1) is 5.10 Å². The van der Waals surface area contributed by atoms with Gasteiger partial charge < -0.3 is 10.0 Å². The monoisotopic (exact) mass is 401 g/mol. The lowest BCUT2D eigenvalue weighted by atomic mass is 9.91. The van der Waals surface area contributed by atoms with E-state index < -0.39 is 17.5 Å². The molecule has 1 saturated heterocycles. The number of rotatable bonds is 3. The van der Waals surface area contributed by atoms with Crippen LogP contribution in [0.25, 0.3) is 22.0 Å². The van der Waals surface area contributed by atoms with Crippen molar-refractivity contribution < 1.29 is 18.3 Å². The van der Waals surface area contributed by atoms with Crippen molar-refractivity contribution >= 4 is 10.8 Å². The second-order valence-corrected chi connectivity index (χ2v) is 7.75. The van der Waals surface area contributed by atoms with E-state index in [9.17, 15) is 18.3 Å². The van der Waals surface area contributed by atoms with Gasteiger partial charge >= 0.3 is 6.18 Å². The van der Waals surface area contributed by atoms with Gasteiger partial charge in [-0.2, -0.15) is 18.3 Å². The Morgan fingerprint density at radius 2 is 1.86 bits per heavy atom. The predicted octanol–water partition coefficient (Wildman–Crippen LogP) is 4.91. The summed E-state index contributed by atoms with van der Waals surface area (Å²) in [5, 5.41) is 20.7. The largest absolute Gasteiger partial charge is 0.507 e. The molecule has 7 heteroatoms. The Morgan fingerprint density at radius 3 is 2.55 bits per heavy atom. The Bertz CT molecular complexity index is 1040. The first-order valence-corrected chi connectivity index (χ1v) is 9.66. The van der Waals surface area contributed by atoms with Crippen LogP contribution in [0.5, 0.6) is 5.75 Å². The molecule has 1 N–H and O–H groups in total. The third-order valence-corrected chi connectivity index (χ3v) is 5.55. The molecule has 0 amide bonds. The molecule has 1 fully saturated rings. The summed E-state index contributed by atoms with van der Waals surface area (Å²) in [7, 11) is 2.12. The highest BCUT2D eigenvalue weighted by Crippen LogP contribution is 2.38. The number of piperidine rings is 1. The molecule has 1 aromatic heterocycles. The highest BCUT2D eigenvalue weighted by Gasteiger charge is 2.31. The molecule has 29 heavy (non-hydrogen) atoms. The summed E-state index contributed by atoms with van der Waals surface area (Å²) >= 11 is 0. The van der Waals surface area contributed by atoms with Crippen LogP contribution in [0.15, 0.2) is 42.5 Å². The van der Waals surface area contributed by atoms with Gasteiger partial charge in [0.05, 0.1) is 11.3 Å². The van der Waals surface area contributed by atoms with Crippen LogP contribution in [0, 0.1) is 5.92 Å². The molecule has 0 unspecified atom stereocenters. The number of phenolic OH excluding ortho intramolecular Hbond substituents is 1. The molecule has 4 rings (SSSR count). The lowest BCUT2D eigenvalue weighted by Gasteiger charge is -2.29. The van der Waals surface area contributed by atoms with Gasteiger partial charge in [0.2, 0.25) is 0 Å². The molecule has 2 aromatic carbocycles. The number of benzene rings is 2. The van der Waals surface area contributed by atoms with E-state index in [1.807, 2.05) is 24.3 Å². The Hall–Kier alpha value is -2.67. The van der Waals surface area contributed by atoms with Crippen LogP contribution in [0.3, 0.4) is 0 Å². The van der Waals surface area contributed by atoms with E-state index in [0.29, 0.717) is 11.6 Å². The van der Waals surface area contributed by atoms with E-state index in [1.54, 1.807) is 0 Å². The molecule has 2 heterocycles. The fourth-order valence-electron chi connectivity index (χ4n) is 4.13. The van der Waals surface area contributed by atoms with Crippen LogP contribution in [0.1, 0.15) is 24.1 Å². The maximum Gasteiger partial charge on any atom is 0.416 e. The van der Waals surface area contributed by atoms with Crippen LogP contribution >= 0.6 is 0 Å². The highest BCUT2D eigenvalue weighted by atomic mass is 19.4. The molecular formula is C22H22F3N3O. The van der Waals surface area contributed by atoms with Gasteiger partial charge in [-0.1, -0.05) is 24.3 Å². The number of likely N-dealkylation sites (tertiary alicyclic amines) is 1. The number of halogens is 3. The van der Waals surface area contributed by atoms with E-state index in [4.69, 9.17) is 0 Å². The van der Waals surface area contributed by atoms with Gasteiger partial charge in [0.1, 0.15) is 11.4 Å². The van der Waals surface area contributed by atoms with E-state index in [2.05, 4.69) is 22.1 Å². The fraction of sp³-hybridized carbons (Fsp3) is 0.364. The van der Waals surface area contributed by atoms with E-state index in [-0.39, 0.29) is 5.56 Å². The smallest absolute Gasteiger partial charge is 0.416 e. The zero-order valence-electron chi connectivity index (χ0n) is 16.1. The molecule has 1 atom stereocenters. The van der Waals surface area contributed by atoms with Gasteiger partial charge in [0.15, 0.2) is 0 Å². The molecule has 1 aliphatic rings. The molecule has 0 radical (unpaired) electrons. The Morgan fingerprint density at radius 1 is 1.10 bits per heavy atom. The van der Waals surface area contributed by atoms with E-state index >= 15 is 0 Å². The minimum absolute atomic E-state index is 0.241. The standard InChI is InChI=1S/C22H22F3N3O/c1-28-10-4-5-14(13-28)11-19-16-6-2-3-7-17(16)21(27-26-19)18-9-8-15(12-20(18)29)22(23,24)25/h2-3,6-9,12,14,29H,4-5,10-11,13H2,1H3/t14-/m0/s1. The van der Waals surface area contributed by atoms with Gasteiger partial charge in [0.25, 0.3) is 0 Å². The summed E-state index contributed by atoms with van der Waals surface area (Å²) in [6.45, 7) is 2.12. The summed E-state index contributed by atoms with van der Waals surface area (Å²) in [5.41, 5.74) is 0.618. The van der Waals surface area contributed by atoms with Crippen LogP contribution in [0.2, 0.25) is 0 Å². The number of phenols is 1. The molecule has 0 spiro atoms. The highest BCUT2D eigenvalue weighted by molar-refractivity contribution is 5.96. The minimum atomic E-state index is -4.51. The predicted molar refractivity (Wildman–Crippen MR) is 106 cm³/mol. The number of alkyl halides is 3. The van der Waals surface area contributed by atoms with E-state index in [1.165, 1.54) is 6.07 Å². The Labute approximate surface area is 167 Å². The van der Waals surface area contributed by atoms with Crippen molar-refractivity contribution in [2.24, 2.45) is 5.92 Å². The van der Waals surface area contributed by atoms with Crippen molar-refractivity contribution in [3.8, 4) is 17.0 Å². The van der Waals surface area contributed by atoms with Crippen molar-refractivity contribution in [2.45, 2.75) is 25.4 Å². The first-order chi connectivity index (χ1) is 13.8. The van der Waals surface area contributed by atoms with Crippen molar-refractivity contribution in [1.82, 2.24) is 15.1 Å². The second kappa shape index (κ2) is 7.63. The first kappa shape index (κ1) is 19.6. The quantitative estimate of drug-likeness (QED) is 0.678. The van der Waals surface area contributed by atoms with Crippen molar-refractivity contribution in [3.05, 3.63) is 53.7 Å². The van der Waals surface area contributed by atoms with Gasteiger partial charge in [-0.05, 0) is 57.0 Å². The maximum absolute atomic E-state index is 12.9.